The van der Waals surface area contributed by atoms with Crippen molar-refractivity contribution in [2.75, 3.05) is 12.8 Å². The van der Waals surface area contributed by atoms with Gasteiger partial charge in [0.1, 0.15) is 0 Å². The highest BCUT2D eigenvalue weighted by molar-refractivity contribution is 7.52. The normalized spacial score (nSPS) is 13.4. The monoisotopic (exact) mass is 408 g/mol. The van der Waals surface area contributed by atoms with E-state index in [1.54, 1.807) is 0 Å². The lowest BCUT2D eigenvalue weighted by Crippen LogP contribution is -2.06. The SMILES string of the molecule is CCCCCCCCCCCCCCCC(=O)OCCCCP(=O)(O)OO. The van der Waals surface area contributed by atoms with Gasteiger partial charge in [-0.05, 0) is 19.3 Å². The van der Waals surface area contributed by atoms with Crippen LogP contribution in [0.1, 0.15) is 110 Å². The number of carbonyl (C=O) groups is 1. The molecule has 0 radical (unpaired) electrons. The van der Waals surface area contributed by atoms with E-state index in [9.17, 15) is 9.36 Å². The zero-order valence-electron chi connectivity index (χ0n) is 17.2. The van der Waals surface area contributed by atoms with Gasteiger partial charge in [0, 0.05) is 6.42 Å². The second kappa shape index (κ2) is 18.9. The molecule has 0 spiro atoms. The molecule has 0 saturated carbocycles. The molecule has 162 valence electrons. The maximum Gasteiger partial charge on any atom is 0.355 e. The van der Waals surface area contributed by atoms with E-state index in [0.29, 0.717) is 19.3 Å². The van der Waals surface area contributed by atoms with E-state index in [4.69, 9.17) is 14.9 Å². The Kier molecular flexibility index (Phi) is 18.6. The number of rotatable bonds is 20. The van der Waals surface area contributed by atoms with Crippen molar-refractivity contribution in [2.24, 2.45) is 0 Å². The summed E-state index contributed by atoms with van der Waals surface area (Å²) in [5.74, 6) is -0.205. The molecule has 0 aliphatic carbocycles. The topological polar surface area (TPSA) is 93.1 Å². The van der Waals surface area contributed by atoms with E-state index in [0.717, 1.165) is 12.8 Å². The molecule has 0 aromatic carbocycles. The van der Waals surface area contributed by atoms with Gasteiger partial charge in [0.15, 0.2) is 0 Å². The number of hydrogen-bond donors (Lipinski definition) is 2. The highest BCUT2D eigenvalue weighted by atomic mass is 31.2. The zero-order valence-corrected chi connectivity index (χ0v) is 18.1. The molecule has 2 N–H and O–H groups in total. The van der Waals surface area contributed by atoms with Crippen molar-refractivity contribution in [2.45, 2.75) is 110 Å². The van der Waals surface area contributed by atoms with E-state index in [1.165, 1.54) is 70.6 Å². The minimum Gasteiger partial charge on any atom is -0.466 e. The predicted molar refractivity (Wildman–Crippen MR) is 109 cm³/mol. The fourth-order valence-electron chi connectivity index (χ4n) is 3.00. The van der Waals surface area contributed by atoms with Gasteiger partial charge >= 0.3 is 13.6 Å². The standard InChI is InChI=1S/C20H41O6P/c1-2-3-4-5-6-7-8-9-10-11-12-13-14-17-20(21)25-18-15-16-19-27(23,24)26-22/h22H,2-19H2,1H3,(H,23,24). The molecule has 0 aliphatic rings. The highest BCUT2D eigenvalue weighted by Gasteiger charge is 2.17. The highest BCUT2D eigenvalue weighted by Crippen LogP contribution is 2.41. The van der Waals surface area contributed by atoms with E-state index in [-0.39, 0.29) is 18.7 Å². The Labute approximate surface area is 165 Å². The molecule has 1 unspecified atom stereocenters. The van der Waals surface area contributed by atoms with Gasteiger partial charge < -0.3 is 9.63 Å². The maximum absolute atomic E-state index is 11.6. The average molecular weight is 409 g/mol. The quantitative estimate of drug-likeness (QED) is 0.0789. The summed E-state index contributed by atoms with van der Waals surface area (Å²) >= 11 is 0. The van der Waals surface area contributed by atoms with Crippen LogP contribution in [0.2, 0.25) is 0 Å². The van der Waals surface area contributed by atoms with Crippen molar-refractivity contribution in [3.05, 3.63) is 0 Å². The Morgan fingerprint density at radius 3 is 1.74 bits per heavy atom. The minimum atomic E-state index is -3.87. The number of hydrogen-bond acceptors (Lipinski definition) is 5. The second-order valence-corrected chi connectivity index (χ2v) is 9.25. The van der Waals surface area contributed by atoms with E-state index < -0.39 is 7.60 Å². The van der Waals surface area contributed by atoms with Gasteiger partial charge in [-0.15, -0.1) is 0 Å². The van der Waals surface area contributed by atoms with Crippen molar-refractivity contribution in [1.82, 2.24) is 0 Å². The number of unbranched alkanes of at least 4 members (excludes halogenated alkanes) is 13. The number of ether oxygens (including phenoxy) is 1. The number of esters is 1. The lowest BCUT2D eigenvalue weighted by Gasteiger charge is -2.07. The third kappa shape index (κ3) is 20.1. The molecule has 0 aromatic heterocycles. The van der Waals surface area contributed by atoms with Crippen LogP contribution in [0.25, 0.3) is 0 Å². The van der Waals surface area contributed by atoms with Crippen LogP contribution in [0.15, 0.2) is 0 Å². The van der Waals surface area contributed by atoms with Crippen LogP contribution in [0.3, 0.4) is 0 Å². The molecular weight excluding hydrogens is 367 g/mol. The van der Waals surface area contributed by atoms with Gasteiger partial charge in [-0.2, -0.15) is 4.67 Å². The van der Waals surface area contributed by atoms with Crippen LogP contribution >= 0.6 is 7.60 Å². The molecule has 0 bridgehead atoms. The van der Waals surface area contributed by atoms with Crippen molar-refractivity contribution in [3.8, 4) is 0 Å². The lowest BCUT2D eigenvalue weighted by atomic mass is 10.0. The van der Waals surface area contributed by atoms with Crippen molar-refractivity contribution >= 4 is 13.6 Å². The van der Waals surface area contributed by atoms with Gasteiger partial charge in [0.2, 0.25) is 0 Å². The molecule has 0 fully saturated rings. The summed E-state index contributed by atoms with van der Waals surface area (Å²) in [6, 6.07) is 0. The molecule has 0 rings (SSSR count). The van der Waals surface area contributed by atoms with Crippen molar-refractivity contribution in [1.29, 1.82) is 0 Å². The summed E-state index contributed by atoms with van der Waals surface area (Å²) in [4.78, 5) is 20.6. The molecule has 7 heteroatoms. The summed E-state index contributed by atoms with van der Waals surface area (Å²) in [6.07, 6.45) is 17.7. The third-order valence-corrected chi connectivity index (χ3v) is 5.85. The minimum absolute atomic E-state index is 0.139. The van der Waals surface area contributed by atoms with E-state index in [2.05, 4.69) is 11.6 Å². The predicted octanol–water partition coefficient (Wildman–Crippen LogP) is 6.47. The van der Waals surface area contributed by atoms with Crippen LogP contribution in [0, 0.1) is 0 Å². The third-order valence-electron chi connectivity index (χ3n) is 4.71. The molecule has 27 heavy (non-hydrogen) atoms. The first-order valence-corrected chi connectivity index (χ1v) is 12.6. The van der Waals surface area contributed by atoms with Gasteiger partial charge in [-0.3, -0.25) is 9.36 Å². The molecule has 0 amide bonds. The molecule has 0 saturated heterocycles. The summed E-state index contributed by atoms with van der Waals surface area (Å²) < 4.78 is 19.6. The maximum atomic E-state index is 11.6. The molecule has 0 aromatic rings. The smallest absolute Gasteiger partial charge is 0.355 e. The van der Waals surface area contributed by atoms with Gasteiger partial charge in [-0.25, -0.2) is 5.26 Å². The average Bonchev–Trinajstić information content (AvgIpc) is 2.65. The summed E-state index contributed by atoms with van der Waals surface area (Å²) in [5, 5.41) is 8.19. The van der Waals surface area contributed by atoms with Crippen LogP contribution in [-0.2, 0) is 18.8 Å². The fraction of sp³-hybridized carbons (Fsp3) is 0.950. The Morgan fingerprint density at radius 2 is 1.26 bits per heavy atom. The van der Waals surface area contributed by atoms with E-state index >= 15 is 0 Å². The lowest BCUT2D eigenvalue weighted by molar-refractivity contribution is -0.146. The van der Waals surface area contributed by atoms with Crippen LogP contribution in [0.5, 0.6) is 0 Å². The Balaban J connectivity index is 3.24. The largest absolute Gasteiger partial charge is 0.466 e. The molecule has 1 atom stereocenters. The first-order chi connectivity index (χ1) is 13.0. The summed E-state index contributed by atoms with van der Waals surface area (Å²) in [6.45, 7) is 2.49. The van der Waals surface area contributed by atoms with Gasteiger partial charge in [-0.1, -0.05) is 84.0 Å². The van der Waals surface area contributed by atoms with Gasteiger partial charge in [0.05, 0.1) is 12.8 Å². The zero-order chi connectivity index (χ0) is 20.2. The summed E-state index contributed by atoms with van der Waals surface area (Å²) in [7, 11) is -3.87. The van der Waals surface area contributed by atoms with E-state index in [1.807, 2.05) is 0 Å². The van der Waals surface area contributed by atoms with Crippen LogP contribution < -0.4 is 0 Å². The molecule has 0 heterocycles. The summed E-state index contributed by atoms with van der Waals surface area (Å²) in [5.41, 5.74) is 0. The van der Waals surface area contributed by atoms with Crippen LogP contribution in [0.4, 0.5) is 0 Å². The molecule has 6 nitrogen and oxygen atoms in total. The molecular formula is C20H41O6P. The Morgan fingerprint density at radius 1 is 0.778 bits per heavy atom. The molecule has 0 aliphatic heterocycles. The Bertz CT molecular complexity index is 389. The Hall–Kier alpha value is -0.420. The van der Waals surface area contributed by atoms with Crippen molar-refractivity contribution < 1.29 is 28.9 Å². The second-order valence-electron chi connectivity index (χ2n) is 7.36. The number of carbonyl (C=O) groups excluding carboxylic acids is 1. The van der Waals surface area contributed by atoms with Crippen LogP contribution in [-0.4, -0.2) is 28.9 Å². The van der Waals surface area contributed by atoms with Gasteiger partial charge in [0.25, 0.3) is 0 Å². The first-order valence-electron chi connectivity index (χ1n) is 10.8. The van der Waals surface area contributed by atoms with Crippen molar-refractivity contribution in [3.63, 3.8) is 0 Å². The fourth-order valence-corrected chi connectivity index (χ4v) is 3.70. The first kappa shape index (κ1) is 26.6.